The van der Waals surface area contributed by atoms with Gasteiger partial charge in [0.05, 0.1) is 0 Å². The van der Waals surface area contributed by atoms with Gasteiger partial charge in [0.2, 0.25) is 0 Å². The van der Waals surface area contributed by atoms with Crippen LogP contribution in [0, 0.1) is 17.6 Å². The Balaban J connectivity index is 2.69. The molecular weight excluding hydrogens is 314 g/mol. The number of rotatable bonds is 12. The van der Waals surface area contributed by atoms with Gasteiger partial charge in [-0.15, -0.1) is 0 Å². The molecule has 0 fully saturated rings. The summed E-state index contributed by atoms with van der Waals surface area (Å²) in [6, 6.07) is 3.79. The first-order valence-corrected chi connectivity index (χ1v) is 8.73. The van der Waals surface area contributed by atoms with Crippen LogP contribution in [0.25, 0.3) is 0 Å². The molecule has 1 aromatic rings. The van der Waals surface area contributed by atoms with Gasteiger partial charge in [0.15, 0.2) is 11.6 Å². The van der Waals surface area contributed by atoms with Crippen LogP contribution < -0.4 is 0 Å². The summed E-state index contributed by atoms with van der Waals surface area (Å²) in [6.07, 6.45) is 7.83. The number of hydrogen-bond acceptors (Lipinski definition) is 3. The predicted octanol–water partition coefficient (Wildman–Crippen LogP) is 4.81. The van der Waals surface area contributed by atoms with Gasteiger partial charge in [-0.05, 0) is 30.5 Å². The van der Waals surface area contributed by atoms with Gasteiger partial charge in [0.1, 0.15) is 0 Å². The van der Waals surface area contributed by atoms with Crippen LogP contribution in [0.5, 0.6) is 0 Å². The second-order valence-electron chi connectivity index (χ2n) is 6.24. The normalized spacial score (nSPS) is 13.2. The quantitative estimate of drug-likeness (QED) is 0.437. The lowest BCUT2D eigenvalue weighted by atomic mass is 9.91. The molecule has 1 atom stereocenters. The van der Waals surface area contributed by atoms with Crippen LogP contribution in [0.4, 0.5) is 8.78 Å². The fourth-order valence-electron chi connectivity index (χ4n) is 2.95. The predicted molar refractivity (Wildman–Crippen MR) is 90.5 cm³/mol. The first-order valence-electron chi connectivity index (χ1n) is 8.73. The molecule has 0 aromatic heterocycles. The monoisotopic (exact) mass is 344 g/mol. The molecule has 1 N–H and O–H groups in total. The Hall–Kier alpha value is -1.04. The van der Waals surface area contributed by atoms with E-state index in [1.807, 2.05) is 0 Å². The molecule has 1 unspecified atom stereocenters. The maximum Gasteiger partial charge on any atom is 0.283 e. The van der Waals surface area contributed by atoms with Crippen LogP contribution in [-0.2, 0) is 15.9 Å². The lowest BCUT2D eigenvalue weighted by Crippen LogP contribution is -2.43. The molecule has 3 nitrogen and oxygen atoms in total. The van der Waals surface area contributed by atoms with Gasteiger partial charge < -0.3 is 14.6 Å². The smallest absolute Gasteiger partial charge is 0.283 e. The Morgan fingerprint density at radius 1 is 1.00 bits per heavy atom. The fraction of sp³-hybridized carbons (Fsp3) is 0.684. The average Bonchev–Trinajstić information content (AvgIpc) is 2.59. The minimum atomic E-state index is -1.73. The molecule has 5 heteroatoms. The molecule has 0 saturated heterocycles. The standard InChI is InChI=1S/C19H30F2O3/c1-4-5-6-7-8-9-10-16(19(22,23-2)24-3)13-15-11-12-17(20)18(21)14-15/h11-12,14,16,22H,4-10,13H2,1-3H3. The van der Waals surface area contributed by atoms with Crippen LogP contribution in [0.3, 0.4) is 0 Å². The summed E-state index contributed by atoms with van der Waals surface area (Å²) in [4.78, 5) is 0. The summed E-state index contributed by atoms with van der Waals surface area (Å²) in [5.74, 6) is -3.85. The van der Waals surface area contributed by atoms with Crippen molar-refractivity contribution in [3.8, 4) is 0 Å². The first kappa shape index (κ1) is 21.0. The second kappa shape index (κ2) is 10.7. The Labute approximate surface area is 144 Å². The first-order chi connectivity index (χ1) is 11.5. The van der Waals surface area contributed by atoms with Crippen molar-refractivity contribution in [2.45, 2.75) is 64.3 Å². The van der Waals surface area contributed by atoms with Gasteiger partial charge in [-0.3, -0.25) is 0 Å². The maximum absolute atomic E-state index is 13.4. The zero-order chi connectivity index (χ0) is 18.0. The highest BCUT2D eigenvalue weighted by atomic mass is 19.2. The summed E-state index contributed by atoms with van der Waals surface area (Å²) in [5.41, 5.74) is 0.609. The zero-order valence-corrected chi connectivity index (χ0v) is 15.0. The van der Waals surface area contributed by atoms with Crippen molar-refractivity contribution in [3.63, 3.8) is 0 Å². The number of methoxy groups -OCH3 is 2. The highest BCUT2D eigenvalue weighted by Gasteiger charge is 2.37. The van der Waals surface area contributed by atoms with Crippen molar-refractivity contribution in [1.29, 1.82) is 0 Å². The zero-order valence-electron chi connectivity index (χ0n) is 15.0. The number of hydrogen-bond donors (Lipinski definition) is 1. The Kier molecular flexibility index (Phi) is 9.41. The number of ether oxygens (including phenoxy) is 2. The lowest BCUT2D eigenvalue weighted by molar-refractivity contribution is -0.368. The van der Waals surface area contributed by atoms with Gasteiger partial charge in [-0.1, -0.05) is 51.5 Å². The number of benzene rings is 1. The van der Waals surface area contributed by atoms with Crippen molar-refractivity contribution < 1.29 is 23.4 Å². The van der Waals surface area contributed by atoms with E-state index in [2.05, 4.69) is 6.92 Å². The van der Waals surface area contributed by atoms with Crippen LogP contribution >= 0.6 is 0 Å². The molecule has 0 saturated carbocycles. The summed E-state index contributed by atoms with van der Waals surface area (Å²) in [5, 5.41) is 10.5. The summed E-state index contributed by atoms with van der Waals surface area (Å²) in [6.45, 7) is 2.18. The third-order valence-corrected chi connectivity index (χ3v) is 4.47. The van der Waals surface area contributed by atoms with E-state index in [-0.39, 0.29) is 5.92 Å². The van der Waals surface area contributed by atoms with Crippen LogP contribution in [0.2, 0.25) is 0 Å². The van der Waals surface area contributed by atoms with Gasteiger partial charge in [-0.25, -0.2) is 8.78 Å². The van der Waals surface area contributed by atoms with Crippen molar-refractivity contribution >= 4 is 0 Å². The molecular formula is C19H30F2O3. The molecule has 1 aromatic carbocycles. The van der Waals surface area contributed by atoms with Gasteiger partial charge in [0, 0.05) is 20.1 Å². The van der Waals surface area contributed by atoms with E-state index < -0.39 is 17.6 Å². The van der Waals surface area contributed by atoms with Gasteiger partial charge >= 0.3 is 0 Å². The number of halogens is 2. The molecule has 1 rings (SSSR count). The fourth-order valence-corrected chi connectivity index (χ4v) is 2.95. The third kappa shape index (κ3) is 6.46. The average molecular weight is 344 g/mol. The molecule has 0 radical (unpaired) electrons. The summed E-state index contributed by atoms with van der Waals surface area (Å²) >= 11 is 0. The highest BCUT2D eigenvalue weighted by Crippen LogP contribution is 2.29. The van der Waals surface area contributed by atoms with E-state index in [0.29, 0.717) is 18.4 Å². The molecule has 0 spiro atoms. The highest BCUT2D eigenvalue weighted by molar-refractivity contribution is 5.18. The van der Waals surface area contributed by atoms with Gasteiger partial charge in [0.25, 0.3) is 5.97 Å². The van der Waals surface area contributed by atoms with Crippen LogP contribution in [0.1, 0.15) is 57.4 Å². The van der Waals surface area contributed by atoms with E-state index in [4.69, 9.17) is 9.47 Å². The topological polar surface area (TPSA) is 38.7 Å². The summed E-state index contributed by atoms with van der Waals surface area (Å²) < 4.78 is 36.8. The molecule has 24 heavy (non-hydrogen) atoms. The molecule has 0 aliphatic rings. The largest absolute Gasteiger partial charge is 0.343 e. The minimum Gasteiger partial charge on any atom is -0.343 e. The number of aliphatic hydroxyl groups is 1. The molecule has 0 amide bonds. The second-order valence-corrected chi connectivity index (χ2v) is 6.24. The van der Waals surface area contributed by atoms with E-state index in [1.165, 1.54) is 39.5 Å². The van der Waals surface area contributed by atoms with Crippen molar-refractivity contribution in [3.05, 3.63) is 35.4 Å². The minimum absolute atomic E-state index is 0.352. The van der Waals surface area contributed by atoms with Gasteiger partial charge in [-0.2, -0.15) is 0 Å². The van der Waals surface area contributed by atoms with E-state index in [9.17, 15) is 13.9 Å². The van der Waals surface area contributed by atoms with Crippen molar-refractivity contribution in [2.75, 3.05) is 14.2 Å². The van der Waals surface area contributed by atoms with Crippen LogP contribution in [-0.4, -0.2) is 25.3 Å². The summed E-state index contributed by atoms with van der Waals surface area (Å²) in [7, 11) is 2.76. The molecule has 0 bridgehead atoms. The molecule has 0 aliphatic heterocycles. The van der Waals surface area contributed by atoms with E-state index in [1.54, 1.807) is 0 Å². The van der Waals surface area contributed by atoms with Crippen molar-refractivity contribution in [2.24, 2.45) is 5.92 Å². The Bertz CT molecular complexity index is 476. The van der Waals surface area contributed by atoms with Crippen molar-refractivity contribution in [1.82, 2.24) is 0 Å². The third-order valence-electron chi connectivity index (χ3n) is 4.47. The number of unbranched alkanes of at least 4 members (excludes halogenated alkanes) is 5. The molecule has 138 valence electrons. The Morgan fingerprint density at radius 2 is 1.62 bits per heavy atom. The van der Waals surface area contributed by atoms with E-state index >= 15 is 0 Å². The maximum atomic E-state index is 13.4. The van der Waals surface area contributed by atoms with E-state index in [0.717, 1.165) is 31.4 Å². The Morgan fingerprint density at radius 3 is 2.21 bits per heavy atom. The molecule has 0 heterocycles. The SMILES string of the molecule is CCCCCCCCC(Cc1ccc(F)c(F)c1)C(O)(OC)OC. The molecule has 0 aliphatic carbocycles. The lowest BCUT2D eigenvalue weighted by Gasteiger charge is -2.33. The van der Waals surface area contributed by atoms with Crippen LogP contribution in [0.15, 0.2) is 18.2 Å².